The van der Waals surface area contributed by atoms with Crippen molar-refractivity contribution in [3.63, 3.8) is 0 Å². The van der Waals surface area contributed by atoms with E-state index in [1.54, 1.807) is 15.9 Å². The van der Waals surface area contributed by atoms with E-state index in [0.717, 1.165) is 11.8 Å². The maximum atomic E-state index is 14.2. The minimum absolute atomic E-state index is 0.0456. The van der Waals surface area contributed by atoms with Gasteiger partial charge in [-0.3, -0.25) is 4.79 Å². The molecule has 0 saturated carbocycles. The van der Waals surface area contributed by atoms with Crippen LogP contribution in [-0.2, 0) is 4.79 Å². The lowest BCUT2D eigenvalue weighted by Gasteiger charge is -2.44. The molecule has 1 amide bonds. The molecular weight excluding hydrogens is 472 g/mol. The molecule has 186 valence electrons. The lowest BCUT2D eigenvalue weighted by atomic mass is 10.0. The molecule has 36 heavy (non-hydrogen) atoms. The van der Waals surface area contributed by atoms with Crippen molar-refractivity contribution in [2.24, 2.45) is 0 Å². The Morgan fingerprint density at radius 1 is 1.06 bits per heavy atom. The van der Waals surface area contributed by atoms with Gasteiger partial charge in [0.15, 0.2) is 5.76 Å². The third-order valence-corrected chi connectivity index (χ3v) is 6.59. The van der Waals surface area contributed by atoms with Crippen molar-refractivity contribution in [3.8, 4) is 11.6 Å². The number of hydrogen-bond acceptors (Lipinski definition) is 9. The number of hydrogen-bond donors (Lipinski definition) is 1. The standard InChI is InChI=1S/C23H23F2N9O2/c1-13-2-5-18(36-13)19-27-23-29-22(28-21(26)34(23)30-19)33-7-6-17(33)20(35)32-10-8-31(9-11-32)16-4-3-14(24)12-15(16)25/h2-5,12,17H,6-11H2,1H3,(H2,26,27,28,29,30)/t17-/m0/s1. The maximum Gasteiger partial charge on any atom is 0.259 e. The minimum Gasteiger partial charge on any atom is -0.458 e. The quantitative estimate of drug-likeness (QED) is 0.452. The van der Waals surface area contributed by atoms with E-state index in [0.29, 0.717) is 62.4 Å². The number of aromatic nitrogens is 5. The zero-order valence-electron chi connectivity index (χ0n) is 19.4. The summed E-state index contributed by atoms with van der Waals surface area (Å²) < 4.78 is 34.3. The van der Waals surface area contributed by atoms with E-state index in [2.05, 4.69) is 20.1 Å². The molecule has 13 heteroatoms. The molecule has 0 radical (unpaired) electrons. The molecular formula is C23H23F2N9O2. The molecule has 2 aliphatic heterocycles. The lowest BCUT2D eigenvalue weighted by molar-refractivity contribution is -0.134. The first kappa shape index (κ1) is 22.2. The van der Waals surface area contributed by atoms with Crippen LogP contribution in [0.25, 0.3) is 17.4 Å². The Labute approximate surface area is 204 Å². The highest BCUT2D eigenvalue weighted by Crippen LogP contribution is 2.28. The summed E-state index contributed by atoms with van der Waals surface area (Å²) in [5, 5.41) is 4.33. The second kappa shape index (κ2) is 8.43. The van der Waals surface area contributed by atoms with E-state index in [-0.39, 0.29) is 17.6 Å². The van der Waals surface area contributed by atoms with Crippen LogP contribution in [0.15, 0.2) is 34.7 Å². The van der Waals surface area contributed by atoms with Crippen molar-refractivity contribution in [3.05, 3.63) is 47.7 Å². The van der Waals surface area contributed by atoms with Gasteiger partial charge in [-0.1, -0.05) is 0 Å². The Balaban J connectivity index is 1.16. The molecule has 2 N–H and O–H groups in total. The summed E-state index contributed by atoms with van der Waals surface area (Å²) in [6, 6.07) is 6.69. The van der Waals surface area contributed by atoms with Gasteiger partial charge < -0.3 is 24.9 Å². The first-order valence-electron chi connectivity index (χ1n) is 11.6. The van der Waals surface area contributed by atoms with Crippen LogP contribution in [0.4, 0.5) is 26.4 Å². The fourth-order valence-corrected chi connectivity index (χ4v) is 4.58. The van der Waals surface area contributed by atoms with E-state index < -0.39 is 17.7 Å². The predicted molar refractivity (Wildman–Crippen MR) is 126 cm³/mol. The number of nitrogens with zero attached hydrogens (tertiary/aromatic N) is 8. The van der Waals surface area contributed by atoms with Gasteiger partial charge >= 0.3 is 0 Å². The van der Waals surface area contributed by atoms with Crippen LogP contribution in [0.1, 0.15) is 12.2 Å². The zero-order valence-corrected chi connectivity index (χ0v) is 19.4. The van der Waals surface area contributed by atoms with Crippen molar-refractivity contribution in [2.75, 3.05) is 48.3 Å². The number of amides is 1. The number of halogens is 2. The van der Waals surface area contributed by atoms with Gasteiger partial charge in [0.2, 0.25) is 23.6 Å². The highest BCUT2D eigenvalue weighted by molar-refractivity contribution is 5.87. The first-order valence-corrected chi connectivity index (χ1v) is 11.6. The molecule has 1 atom stereocenters. The largest absolute Gasteiger partial charge is 0.458 e. The van der Waals surface area contributed by atoms with Crippen molar-refractivity contribution >= 4 is 29.3 Å². The van der Waals surface area contributed by atoms with Crippen LogP contribution < -0.4 is 15.5 Å². The smallest absolute Gasteiger partial charge is 0.259 e. The number of carbonyl (C=O) groups excluding carboxylic acids is 1. The fraction of sp³-hybridized carbons (Fsp3) is 0.348. The average Bonchev–Trinajstić information content (AvgIpc) is 3.45. The number of fused-ring (bicyclic) bond motifs is 1. The van der Waals surface area contributed by atoms with Crippen LogP contribution in [0.2, 0.25) is 0 Å². The number of benzene rings is 1. The molecule has 3 aromatic heterocycles. The van der Waals surface area contributed by atoms with Gasteiger partial charge in [0.25, 0.3) is 5.78 Å². The summed E-state index contributed by atoms with van der Waals surface area (Å²) in [6.45, 7) is 4.19. The second-order valence-corrected chi connectivity index (χ2v) is 8.85. The molecule has 2 aliphatic rings. The highest BCUT2D eigenvalue weighted by atomic mass is 19.1. The van der Waals surface area contributed by atoms with Gasteiger partial charge in [0.1, 0.15) is 23.4 Å². The maximum absolute atomic E-state index is 14.2. The first-order chi connectivity index (χ1) is 17.4. The van der Waals surface area contributed by atoms with Crippen LogP contribution in [-0.4, -0.2) is 74.1 Å². The minimum atomic E-state index is -0.616. The highest BCUT2D eigenvalue weighted by Gasteiger charge is 2.39. The molecule has 0 aliphatic carbocycles. The zero-order chi connectivity index (χ0) is 25.0. The van der Waals surface area contributed by atoms with Crippen molar-refractivity contribution < 1.29 is 18.0 Å². The summed E-state index contributed by atoms with van der Waals surface area (Å²) in [7, 11) is 0. The molecule has 1 aromatic carbocycles. The third-order valence-electron chi connectivity index (χ3n) is 6.59. The number of aryl methyl sites for hydroxylation is 1. The number of rotatable bonds is 4. The Morgan fingerprint density at radius 3 is 2.53 bits per heavy atom. The van der Waals surface area contributed by atoms with Crippen LogP contribution in [0.5, 0.6) is 0 Å². The summed E-state index contributed by atoms with van der Waals surface area (Å²) in [5.41, 5.74) is 6.46. The van der Waals surface area contributed by atoms with Gasteiger partial charge in [-0.05, 0) is 37.6 Å². The van der Waals surface area contributed by atoms with Crippen LogP contribution in [0.3, 0.4) is 0 Å². The third kappa shape index (κ3) is 3.76. The number of nitrogen functional groups attached to an aromatic ring is 1. The predicted octanol–water partition coefficient (Wildman–Crippen LogP) is 1.88. The summed E-state index contributed by atoms with van der Waals surface area (Å²) in [4.78, 5) is 31.9. The molecule has 4 aromatic rings. The average molecular weight is 495 g/mol. The van der Waals surface area contributed by atoms with E-state index in [9.17, 15) is 13.6 Å². The molecule has 0 unspecified atom stereocenters. The van der Waals surface area contributed by atoms with E-state index in [1.165, 1.54) is 16.6 Å². The Hall–Kier alpha value is -4.29. The van der Waals surface area contributed by atoms with Crippen molar-refractivity contribution in [1.29, 1.82) is 0 Å². The monoisotopic (exact) mass is 495 g/mol. The molecule has 11 nitrogen and oxygen atoms in total. The summed E-state index contributed by atoms with van der Waals surface area (Å²) in [6.07, 6.45) is 0.656. The number of furan rings is 1. The van der Waals surface area contributed by atoms with Gasteiger partial charge in [0.05, 0.1) is 5.69 Å². The topological polar surface area (TPSA) is 122 Å². The van der Waals surface area contributed by atoms with E-state index in [1.807, 2.05) is 17.9 Å². The van der Waals surface area contributed by atoms with Crippen molar-refractivity contribution in [2.45, 2.75) is 19.4 Å². The number of piperazine rings is 1. The van der Waals surface area contributed by atoms with Crippen molar-refractivity contribution in [1.82, 2.24) is 29.5 Å². The van der Waals surface area contributed by atoms with Gasteiger partial charge in [-0.2, -0.15) is 19.5 Å². The Bertz CT molecular complexity index is 1460. The number of nitrogens with two attached hydrogens (primary N) is 1. The normalized spacial score (nSPS) is 18.1. The Kier molecular flexibility index (Phi) is 5.20. The number of carbonyl (C=O) groups is 1. The molecule has 2 saturated heterocycles. The lowest BCUT2D eigenvalue weighted by Crippen LogP contribution is -2.60. The molecule has 2 fully saturated rings. The molecule has 5 heterocycles. The van der Waals surface area contributed by atoms with E-state index >= 15 is 0 Å². The van der Waals surface area contributed by atoms with E-state index in [4.69, 9.17) is 10.2 Å². The van der Waals surface area contributed by atoms with Crippen LogP contribution in [0, 0.1) is 18.6 Å². The van der Waals surface area contributed by atoms with Gasteiger partial charge in [-0.15, -0.1) is 5.10 Å². The van der Waals surface area contributed by atoms with Crippen LogP contribution >= 0.6 is 0 Å². The molecule has 0 spiro atoms. The summed E-state index contributed by atoms with van der Waals surface area (Å²) >= 11 is 0. The molecule has 0 bridgehead atoms. The number of anilines is 3. The molecule has 6 rings (SSSR count). The fourth-order valence-electron chi connectivity index (χ4n) is 4.58. The van der Waals surface area contributed by atoms with Gasteiger partial charge in [-0.25, -0.2) is 8.78 Å². The second-order valence-electron chi connectivity index (χ2n) is 8.85. The Morgan fingerprint density at radius 2 is 1.86 bits per heavy atom. The SMILES string of the molecule is Cc1ccc(-c2nc3nc(N4CC[C@H]4C(=O)N4CCN(c5ccc(F)cc5F)CC4)nc(N)n3n2)o1. The van der Waals surface area contributed by atoms with Gasteiger partial charge in [0, 0.05) is 38.8 Å². The summed E-state index contributed by atoms with van der Waals surface area (Å²) in [5.74, 6) is 0.970.